The summed E-state index contributed by atoms with van der Waals surface area (Å²) < 4.78 is 0. The number of ketones is 2. The number of allylic oxidation sites excluding steroid dienone is 2. The fourth-order valence-corrected chi connectivity index (χ4v) is 2.37. The summed E-state index contributed by atoms with van der Waals surface area (Å²) in [5.41, 5.74) is 1.66. The Morgan fingerprint density at radius 1 is 0.944 bits per heavy atom. The first kappa shape index (κ1) is 10.9. The van der Waals surface area contributed by atoms with Crippen LogP contribution >= 0.6 is 0 Å². The van der Waals surface area contributed by atoms with Crippen LogP contribution in [0.1, 0.15) is 34.1 Å². The Balaban J connectivity index is 2.31. The predicted molar refractivity (Wildman–Crippen MR) is 71.0 cm³/mol. The van der Waals surface area contributed by atoms with E-state index in [1.54, 1.807) is 0 Å². The van der Waals surface area contributed by atoms with Crippen molar-refractivity contribution >= 4 is 22.3 Å². The van der Waals surface area contributed by atoms with Gasteiger partial charge in [0.25, 0.3) is 0 Å². The molecule has 1 aliphatic carbocycles. The van der Waals surface area contributed by atoms with E-state index in [-0.39, 0.29) is 11.6 Å². The molecule has 2 aromatic carbocycles. The fraction of sp³-hybridized carbons (Fsp3) is 0.125. The van der Waals surface area contributed by atoms with Crippen molar-refractivity contribution in [3.05, 3.63) is 59.2 Å². The third-order valence-electron chi connectivity index (χ3n) is 3.37. The van der Waals surface area contributed by atoms with E-state index >= 15 is 0 Å². The van der Waals surface area contributed by atoms with E-state index < -0.39 is 0 Å². The van der Waals surface area contributed by atoms with Crippen molar-refractivity contribution in [1.29, 1.82) is 0 Å². The van der Waals surface area contributed by atoms with Gasteiger partial charge in [0.2, 0.25) is 0 Å². The second-order valence-electron chi connectivity index (χ2n) is 4.46. The van der Waals surface area contributed by atoms with E-state index in [0.717, 1.165) is 10.8 Å². The average molecular weight is 236 g/mol. The first-order valence-electron chi connectivity index (χ1n) is 6.03. The molecule has 0 fully saturated rings. The van der Waals surface area contributed by atoms with Crippen LogP contribution in [0, 0.1) is 0 Å². The molecular formula is C16H12O2. The van der Waals surface area contributed by atoms with E-state index in [1.807, 2.05) is 43.3 Å². The summed E-state index contributed by atoms with van der Waals surface area (Å²) >= 11 is 0. The van der Waals surface area contributed by atoms with Crippen LogP contribution in [-0.2, 0) is 0 Å². The van der Waals surface area contributed by atoms with E-state index in [9.17, 15) is 9.59 Å². The minimum atomic E-state index is -0.0628. The van der Waals surface area contributed by atoms with Crippen molar-refractivity contribution in [2.45, 2.75) is 13.3 Å². The Kier molecular flexibility index (Phi) is 2.37. The molecule has 0 bridgehead atoms. The zero-order valence-corrected chi connectivity index (χ0v) is 10.1. The normalized spacial score (nSPS) is 14.6. The molecule has 0 saturated carbocycles. The molecule has 2 heteroatoms. The number of Topliss-reactive ketones (excluding diaryl/α,β-unsaturated/α-hetero) is 1. The Hall–Kier alpha value is -2.22. The number of rotatable bonds is 1. The molecule has 1 aliphatic rings. The summed E-state index contributed by atoms with van der Waals surface area (Å²) in [4.78, 5) is 24.2. The number of carbonyl (C=O) groups excluding carboxylic acids is 2. The Bertz CT molecular complexity index is 708. The molecule has 0 aromatic heterocycles. The topological polar surface area (TPSA) is 34.1 Å². The molecule has 88 valence electrons. The van der Waals surface area contributed by atoms with Crippen LogP contribution in [0.5, 0.6) is 0 Å². The summed E-state index contributed by atoms with van der Waals surface area (Å²) in [5, 5.41) is 1.99. The molecule has 0 radical (unpaired) electrons. The van der Waals surface area contributed by atoms with Crippen LogP contribution in [0.4, 0.5) is 0 Å². The fourth-order valence-electron chi connectivity index (χ4n) is 2.37. The van der Waals surface area contributed by atoms with E-state index in [2.05, 4.69) is 0 Å². The molecule has 2 nitrogen and oxygen atoms in total. The van der Waals surface area contributed by atoms with Gasteiger partial charge in [0.1, 0.15) is 0 Å². The van der Waals surface area contributed by atoms with E-state index in [4.69, 9.17) is 0 Å². The molecule has 0 N–H and O–H groups in total. The minimum absolute atomic E-state index is 0.0159. The molecular weight excluding hydrogens is 224 g/mol. The number of hydrogen-bond acceptors (Lipinski definition) is 2. The third-order valence-corrected chi connectivity index (χ3v) is 3.37. The molecule has 2 aromatic rings. The highest BCUT2D eigenvalue weighted by molar-refractivity contribution is 6.25. The Morgan fingerprint density at radius 3 is 2.17 bits per heavy atom. The van der Waals surface area contributed by atoms with Gasteiger partial charge in [-0.05, 0) is 35.4 Å². The monoisotopic (exact) mass is 236 g/mol. The average Bonchev–Trinajstić information content (AvgIpc) is 2.41. The molecule has 0 amide bonds. The number of benzene rings is 2. The van der Waals surface area contributed by atoms with Gasteiger partial charge in [-0.2, -0.15) is 0 Å². The van der Waals surface area contributed by atoms with Crippen LogP contribution in [0.3, 0.4) is 0 Å². The largest absolute Gasteiger partial charge is 0.289 e. The van der Waals surface area contributed by atoms with Crippen LogP contribution in [0.15, 0.2) is 48.0 Å². The first-order chi connectivity index (χ1) is 8.70. The Morgan fingerprint density at radius 2 is 1.56 bits per heavy atom. The third kappa shape index (κ3) is 1.50. The van der Waals surface area contributed by atoms with Crippen LogP contribution in [0.2, 0.25) is 0 Å². The standard InChI is InChI=1S/C16H12O2/c1-2-10-9-15(17)13-7-11-5-3-4-6-12(11)8-14(13)16(10)18/h3-9H,2H2,1H3. The SMILES string of the molecule is CCC1=CC(=O)c2cc3ccccc3cc2C1=O. The zero-order valence-electron chi connectivity index (χ0n) is 10.1. The summed E-state index contributed by atoms with van der Waals surface area (Å²) in [6, 6.07) is 11.4. The van der Waals surface area contributed by atoms with Crippen molar-refractivity contribution in [3.8, 4) is 0 Å². The molecule has 3 rings (SSSR count). The van der Waals surface area contributed by atoms with Crippen LogP contribution in [-0.4, -0.2) is 11.6 Å². The van der Waals surface area contributed by atoms with Gasteiger partial charge < -0.3 is 0 Å². The first-order valence-corrected chi connectivity index (χ1v) is 6.03. The lowest BCUT2D eigenvalue weighted by Crippen LogP contribution is -2.16. The van der Waals surface area contributed by atoms with Crippen LogP contribution < -0.4 is 0 Å². The van der Waals surface area contributed by atoms with E-state index in [0.29, 0.717) is 23.1 Å². The lowest BCUT2D eigenvalue weighted by atomic mass is 9.86. The van der Waals surface area contributed by atoms with Crippen LogP contribution in [0.25, 0.3) is 10.8 Å². The van der Waals surface area contributed by atoms with Gasteiger partial charge in [0.15, 0.2) is 11.6 Å². The van der Waals surface area contributed by atoms with Gasteiger partial charge >= 0.3 is 0 Å². The van der Waals surface area contributed by atoms with Gasteiger partial charge in [-0.25, -0.2) is 0 Å². The molecule has 0 aliphatic heterocycles. The molecule has 0 heterocycles. The minimum Gasteiger partial charge on any atom is -0.289 e. The lowest BCUT2D eigenvalue weighted by Gasteiger charge is -2.15. The highest BCUT2D eigenvalue weighted by Gasteiger charge is 2.24. The predicted octanol–water partition coefficient (Wildman–Crippen LogP) is 3.56. The quantitative estimate of drug-likeness (QED) is 0.758. The molecule has 0 saturated heterocycles. The second-order valence-corrected chi connectivity index (χ2v) is 4.46. The summed E-state index contributed by atoms with van der Waals surface area (Å²) in [5.74, 6) is -0.0787. The van der Waals surface area contributed by atoms with E-state index in [1.165, 1.54) is 6.08 Å². The van der Waals surface area contributed by atoms with Gasteiger partial charge in [0.05, 0.1) is 0 Å². The molecule has 0 atom stereocenters. The number of hydrogen-bond donors (Lipinski definition) is 0. The number of carbonyl (C=O) groups is 2. The number of fused-ring (bicyclic) bond motifs is 2. The van der Waals surface area contributed by atoms with Gasteiger partial charge in [-0.3, -0.25) is 9.59 Å². The van der Waals surface area contributed by atoms with Gasteiger partial charge in [-0.1, -0.05) is 31.2 Å². The summed E-state index contributed by atoms with van der Waals surface area (Å²) in [7, 11) is 0. The van der Waals surface area contributed by atoms with Gasteiger partial charge in [0, 0.05) is 16.7 Å². The summed E-state index contributed by atoms with van der Waals surface area (Å²) in [6.07, 6.45) is 2.07. The molecule has 18 heavy (non-hydrogen) atoms. The highest BCUT2D eigenvalue weighted by Crippen LogP contribution is 2.27. The van der Waals surface area contributed by atoms with Crippen molar-refractivity contribution in [1.82, 2.24) is 0 Å². The van der Waals surface area contributed by atoms with Gasteiger partial charge in [-0.15, -0.1) is 0 Å². The van der Waals surface area contributed by atoms with Crippen molar-refractivity contribution < 1.29 is 9.59 Å². The molecule has 0 unspecified atom stereocenters. The summed E-state index contributed by atoms with van der Waals surface area (Å²) in [6.45, 7) is 1.89. The highest BCUT2D eigenvalue weighted by atomic mass is 16.1. The zero-order chi connectivity index (χ0) is 12.7. The second kappa shape index (κ2) is 3.91. The maximum atomic E-state index is 12.2. The maximum absolute atomic E-state index is 12.2. The van der Waals surface area contributed by atoms with Crippen molar-refractivity contribution in [3.63, 3.8) is 0 Å². The Labute approximate surface area is 105 Å². The maximum Gasteiger partial charge on any atom is 0.189 e. The molecule has 0 spiro atoms. The smallest absolute Gasteiger partial charge is 0.189 e. The van der Waals surface area contributed by atoms with Crippen molar-refractivity contribution in [2.24, 2.45) is 0 Å². The lowest BCUT2D eigenvalue weighted by molar-refractivity contribution is 0.0982. The van der Waals surface area contributed by atoms with Crippen molar-refractivity contribution in [2.75, 3.05) is 0 Å².